The molecule has 0 atom stereocenters. The van der Waals surface area contributed by atoms with Crippen molar-refractivity contribution in [3.63, 3.8) is 0 Å². The summed E-state index contributed by atoms with van der Waals surface area (Å²) in [6, 6.07) is 12.8. The molecule has 0 radical (unpaired) electrons. The maximum atomic E-state index is 13.1. The first-order valence-electron chi connectivity index (χ1n) is 11.3. The van der Waals surface area contributed by atoms with Gasteiger partial charge in [0.1, 0.15) is 5.75 Å². The van der Waals surface area contributed by atoms with E-state index in [0.29, 0.717) is 31.1 Å². The van der Waals surface area contributed by atoms with Crippen molar-refractivity contribution in [1.82, 2.24) is 4.31 Å². The van der Waals surface area contributed by atoms with Crippen LogP contribution in [0, 0.1) is 0 Å². The molecule has 4 rings (SSSR count). The third-order valence-electron chi connectivity index (χ3n) is 5.88. The summed E-state index contributed by atoms with van der Waals surface area (Å²) in [6.45, 7) is 5.61. The van der Waals surface area contributed by atoms with Crippen LogP contribution in [0.4, 0.5) is 11.4 Å². The number of sulfonamides is 1. The van der Waals surface area contributed by atoms with Gasteiger partial charge in [0, 0.05) is 25.3 Å². The van der Waals surface area contributed by atoms with E-state index in [1.54, 1.807) is 27.4 Å². The number of fused-ring (bicyclic) bond motifs is 1. The lowest BCUT2D eigenvalue weighted by Gasteiger charge is -2.26. The van der Waals surface area contributed by atoms with Gasteiger partial charge < -0.3 is 15.0 Å². The Bertz CT molecular complexity index is 1080. The van der Waals surface area contributed by atoms with Gasteiger partial charge >= 0.3 is 0 Å². The molecule has 2 aliphatic heterocycles. The van der Waals surface area contributed by atoms with E-state index in [0.717, 1.165) is 31.4 Å². The normalized spacial score (nSPS) is 16.8. The van der Waals surface area contributed by atoms with Crippen LogP contribution in [-0.4, -0.2) is 50.9 Å². The van der Waals surface area contributed by atoms with Gasteiger partial charge in [-0.15, -0.1) is 0 Å². The summed E-state index contributed by atoms with van der Waals surface area (Å²) in [5, 5.41) is 3.14. The number of carbonyl (C=O) groups is 1. The van der Waals surface area contributed by atoms with E-state index in [2.05, 4.69) is 5.32 Å². The first kappa shape index (κ1) is 22.6. The lowest BCUT2D eigenvalue weighted by Crippen LogP contribution is -2.36. The predicted octanol–water partition coefficient (Wildman–Crippen LogP) is 3.65. The Kier molecular flexibility index (Phi) is 6.71. The zero-order valence-electron chi connectivity index (χ0n) is 18.7. The molecule has 1 amide bonds. The minimum Gasteiger partial charge on any atom is -0.489 e. The molecular weight excluding hydrogens is 426 g/mol. The zero-order valence-corrected chi connectivity index (χ0v) is 19.5. The lowest BCUT2D eigenvalue weighted by molar-refractivity contribution is -0.116. The molecule has 2 aromatic carbocycles. The second-order valence-electron chi connectivity index (χ2n) is 8.57. The van der Waals surface area contributed by atoms with Crippen molar-refractivity contribution in [2.45, 2.75) is 50.5 Å². The number of rotatable bonds is 7. The van der Waals surface area contributed by atoms with E-state index in [4.69, 9.17) is 4.74 Å². The molecule has 0 spiro atoms. The highest BCUT2D eigenvalue weighted by Crippen LogP contribution is 2.32. The molecule has 2 aromatic rings. The molecule has 0 bridgehead atoms. The Morgan fingerprint density at radius 1 is 1.06 bits per heavy atom. The monoisotopic (exact) mass is 457 g/mol. The standard InChI is InChI=1S/C24H31N3O4S/c1-18(2)31-23-11-10-20(32(29,30)26-13-6-3-7-14-26)16-21(23)25-17-24(28)27-15-12-19-8-4-5-9-22(19)27/h4-5,8-11,16,18,25H,3,6-7,12-15,17H2,1-2H3. The molecule has 8 heteroatoms. The molecule has 1 N–H and O–H groups in total. The van der Waals surface area contributed by atoms with E-state index in [1.165, 1.54) is 5.56 Å². The number of nitrogens with zero attached hydrogens (tertiary/aromatic N) is 2. The van der Waals surface area contributed by atoms with Crippen molar-refractivity contribution in [3.8, 4) is 5.75 Å². The fraction of sp³-hybridized carbons (Fsp3) is 0.458. The van der Waals surface area contributed by atoms with Crippen LogP contribution in [0.3, 0.4) is 0 Å². The van der Waals surface area contributed by atoms with Crippen molar-refractivity contribution >= 4 is 27.3 Å². The summed E-state index contributed by atoms with van der Waals surface area (Å²) in [5.74, 6) is 0.474. The van der Waals surface area contributed by atoms with Crippen LogP contribution in [0.2, 0.25) is 0 Å². The molecule has 0 aromatic heterocycles. The number of ether oxygens (including phenoxy) is 1. The quantitative estimate of drug-likeness (QED) is 0.687. The molecule has 0 saturated carbocycles. The van der Waals surface area contributed by atoms with E-state index in [1.807, 2.05) is 38.1 Å². The Morgan fingerprint density at radius 3 is 2.56 bits per heavy atom. The number of anilines is 2. The van der Waals surface area contributed by atoms with Gasteiger partial charge in [-0.3, -0.25) is 4.79 Å². The Morgan fingerprint density at radius 2 is 1.81 bits per heavy atom. The average molecular weight is 458 g/mol. The van der Waals surface area contributed by atoms with Crippen LogP contribution in [-0.2, 0) is 21.2 Å². The second-order valence-corrected chi connectivity index (χ2v) is 10.5. The minimum atomic E-state index is -3.58. The summed E-state index contributed by atoms with van der Waals surface area (Å²) >= 11 is 0. The molecule has 32 heavy (non-hydrogen) atoms. The molecule has 0 unspecified atom stereocenters. The molecule has 1 fully saturated rings. The van der Waals surface area contributed by atoms with Crippen LogP contribution in [0.1, 0.15) is 38.7 Å². The predicted molar refractivity (Wildman–Crippen MR) is 126 cm³/mol. The third-order valence-corrected chi connectivity index (χ3v) is 7.78. The van der Waals surface area contributed by atoms with Crippen LogP contribution in [0.15, 0.2) is 47.4 Å². The molecule has 7 nitrogen and oxygen atoms in total. The van der Waals surface area contributed by atoms with E-state index in [9.17, 15) is 13.2 Å². The van der Waals surface area contributed by atoms with Crippen LogP contribution in [0.25, 0.3) is 0 Å². The summed E-state index contributed by atoms with van der Waals surface area (Å²) in [5.41, 5.74) is 2.62. The summed E-state index contributed by atoms with van der Waals surface area (Å²) in [4.78, 5) is 14.9. The van der Waals surface area contributed by atoms with Gasteiger partial charge in [0.2, 0.25) is 15.9 Å². The first-order chi connectivity index (χ1) is 15.4. The number of piperidine rings is 1. The molecule has 0 aliphatic carbocycles. The smallest absolute Gasteiger partial charge is 0.246 e. The summed E-state index contributed by atoms with van der Waals surface area (Å²) in [7, 11) is -3.58. The highest BCUT2D eigenvalue weighted by molar-refractivity contribution is 7.89. The van der Waals surface area contributed by atoms with Crippen molar-refractivity contribution in [1.29, 1.82) is 0 Å². The maximum absolute atomic E-state index is 13.1. The first-order valence-corrected chi connectivity index (χ1v) is 12.7. The fourth-order valence-electron chi connectivity index (χ4n) is 4.28. The lowest BCUT2D eigenvalue weighted by atomic mass is 10.2. The molecule has 2 aliphatic rings. The molecule has 172 valence electrons. The largest absolute Gasteiger partial charge is 0.489 e. The Balaban J connectivity index is 1.54. The van der Waals surface area contributed by atoms with Gasteiger partial charge in [-0.2, -0.15) is 4.31 Å². The number of hydrogen-bond acceptors (Lipinski definition) is 5. The van der Waals surface area contributed by atoms with Gasteiger partial charge in [0.25, 0.3) is 0 Å². The Labute approximate surface area is 190 Å². The number of nitrogens with one attached hydrogen (secondary N) is 1. The highest BCUT2D eigenvalue weighted by Gasteiger charge is 2.28. The summed E-state index contributed by atoms with van der Waals surface area (Å²) in [6.07, 6.45) is 3.57. The highest BCUT2D eigenvalue weighted by atomic mass is 32.2. The van der Waals surface area contributed by atoms with Crippen molar-refractivity contribution in [2.24, 2.45) is 0 Å². The molecule has 1 saturated heterocycles. The average Bonchev–Trinajstić information content (AvgIpc) is 3.22. The van der Waals surface area contributed by atoms with E-state index < -0.39 is 10.0 Å². The maximum Gasteiger partial charge on any atom is 0.246 e. The van der Waals surface area contributed by atoms with Crippen LogP contribution >= 0.6 is 0 Å². The number of para-hydroxylation sites is 1. The number of hydrogen-bond donors (Lipinski definition) is 1. The number of carbonyl (C=O) groups excluding carboxylic acids is 1. The molecule has 2 heterocycles. The topological polar surface area (TPSA) is 79.0 Å². The van der Waals surface area contributed by atoms with Crippen LogP contribution < -0.4 is 15.0 Å². The van der Waals surface area contributed by atoms with E-state index in [-0.39, 0.29) is 23.5 Å². The van der Waals surface area contributed by atoms with Gasteiger partial charge in [-0.1, -0.05) is 24.6 Å². The van der Waals surface area contributed by atoms with E-state index >= 15 is 0 Å². The van der Waals surface area contributed by atoms with Gasteiger partial charge in [0.05, 0.1) is 23.2 Å². The van der Waals surface area contributed by atoms with Crippen molar-refractivity contribution in [2.75, 3.05) is 36.4 Å². The van der Waals surface area contributed by atoms with Crippen molar-refractivity contribution < 1.29 is 17.9 Å². The zero-order chi connectivity index (χ0) is 22.7. The SMILES string of the molecule is CC(C)Oc1ccc(S(=O)(=O)N2CCCCC2)cc1NCC(=O)N1CCc2ccccc21. The van der Waals surface area contributed by atoms with Crippen LogP contribution in [0.5, 0.6) is 5.75 Å². The second kappa shape index (κ2) is 9.50. The third kappa shape index (κ3) is 4.76. The summed E-state index contributed by atoms with van der Waals surface area (Å²) < 4.78 is 33.7. The minimum absolute atomic E-state index is 0.0516. The van der Waals surface area contributed by atoms with Gasteiger partial charge in [0.15, 0.2) is 0 Å². The fourth-order valence-corrected chi connectivity index (χ4v) is 5.83. The van der Waals surface area contributed by atoms with Gasteiger partial charge in [-0.25, -0.2) is 8.42 Å². The van der Waals surface area contributed by atoms with Crippen molar-refractivity contribution in [3.05, 3.63) is 48.0 Å². The molecular formula is C24H31N3O4S. The van der Waals surface area contributed by atoms with Gasteiger partial charge in [-0.05, 0) is 62.9 Å². The number of benzene rings is 2. The number of amides is 1. The Hall–Kier alpha value is -2.58.